The van der Waals surface area contributed by atoms with E-state index >= 15 is 0 Å². The number of esters is 1. The van der Waals surface area contributed by atoms with Crippen LogP contribution >= 0.6 is 0 Å². The number of nitrogens with one attached hydrogen (secondary N) is 1. The number of morpholine rings is 1. The number of hydrogen-bond acceptors (Lipinski definition) is 7. The summed E-state index contributed by atoms with van der Waals surface area (Å²) in [7, 11) is 1.40. The molecule has 0 spiro atoms. The lowest BCUT2D eigenvalue weighted by atomic mass is 10.1. The van der Waals surface area contributed by atoms with Crippen molar-refractivity contribution in [1.29, 1.82) is 0 Å². The summed E-state index contributed by atoms with van der Waals surface area (Å²) >= 11 is 0. The number of hydrogen-bond donors (Lipinski definition) is 1. The average Bonchev–Trinajstić information content (AvgIpc) is 2.92. The van der Waals surface area contributed by atoms with Crippen LogP contribution in [0.3, 0.4) is 0 Å². The van der Waals surface area contributed by atoms with Crippen LogP contribution in [0.4, 0.5) is 11.4 Å². The number of methoxy groups -OCH3 is 1. The molecule has 35 heavy (non-hydrogen) atoms. The second-order valence-corrected chi connectivity index (χ2v) is 8.16. The Morgan fingerprint density at radius 2 is 1.74 bits per heavy atom. The van der Waals surface area contributed by atoms with Crippen LogP contribution in [-0.4, -0.2) is 46.0 Å². The minimum atomic E-state index is -0.353. The molecule has 0 bridgehead atoms. The van der Waals surface area contributed by atoms with Crippen LogP contribution in [0.5, 0.6) is 11.5 Å². The number of anilines is 2. The molecule has 3 aromatic carbocycles. The van der Waals surface area contributed by atoms with Gasteiger partial charge in [0, 0.05) is 25.3 Å². The van der Waals surface area contributed by atoms with Gasteiger partial charge in [-0.15, -0.1) is 0 Å². The third-order valence-electron chi connectivity index (χ3n) is 5.80. The molecule has 0 saturated carbocycles. The van der Waals surface area contributed by atoms with Crippen LogP contribution < -0.4 is 19.7 Å². The second-order valence-electron chi connectivity index (χ2n) is 8.16. The van der Waals surface area contributed by atoms with Gasteiger partial charge in [0.2, 0.25) is 0 Å². The number of nitrogens with zero attached hydrogens (tertiary/aromatic N) is 1. The molecule has 4 rings (SSSR count). The van der Waals surface area contributed by atoms with Gasteiger partial charge in [-0.1, -0.05) is 36.4 Å². The van der Waals surface area contributed by atoms with Crippen molar-refractivity contribution in [1.82, 2.24) is 0 Å². The molecule has 3 aromatic rings. The highest BCUT2D eigenvalue weighted by Crippen LogP contribution is 2.30. The monoisotopic (exact) mass is 476 g/mol. The van der Waals surface area contributed by atoms with Crippen molar-refractivity contribution in [3.8, 4) is 11.5 Å². The third-order valence-corrected chi connectivity index (χ3v) is 5.80. The highest BCUT2D eigenvalue weighted by atomic mass is 16.5. The van der Waals surface area contributed by atoms with Gasteiger partial charge in [-0.05, 0) is 48.4 Å². The Bertz CT molecular complexity index is 1110. The topological polar surface area (TPSA) is 69.3 Å². The summed E-state index contributed by atoms with van der Waals surface area (Å²) in [5.74, 6) is 1.07. The summed E-state index contributed by atoms with van der Waals surface area (Å²) in [5, 5.41) is 3.41. The van der Waals surface area contributed by atoms with E-state index in [2.05, 4.69) is 10.2 Å². The van der Waals surface area contributed by atoms with Crippen molar-refractivity contribution >= 4 is 17.3 Å². The Hall–Kier alpha value is -3.71. The van der Waals surface area contributed by atoms with Crippen LogP contribution in [0.1, 0.15) is 28.4 Å². The third kappa shape index (κ3) is 6.45. The number of carbonyl (C=O) groups excluding carboxylic acids is 1. The minimum absolute atomic E-state index is 0.353. The van der Waals surface area contributed by atoms with Crippen LogP contribution in [0, 0.1) is 0 Å². The molecule has 0 aromatic heterocycles. The summed E-state index contributed by atoms with van der Waals surface area (Å²) in [6.45, 7) is 6.33. The van der Waals surface area contributed by atoms with E-state index in [1.165, 1.54) is 7.11 Å². The Labute approximate surface area is 206 Å². The zero-order valence-electron chi connectivity index (χ0n) is 20.3. The standard InChI is InChI=1S/C28H32N2O5/c1-3-34-27-17-22(9-12-26(27)35-20-21-7-5-4-6-8-21)19-29-23-10-11-25(24(18-23)28(31)32-2)30-13-15-33-16-14-30/h4-12,17-18,29H,3,13-16,19-20H2,1-2H3. The van der Waals surface area contributed by atoms with Crippen molar-refractivity contribution in [3.63, 3.8) is 0 Å². The maximum atomic E-state index is 12.5. The molecule has 0 aliphatic carbocycles. The quantitative estimate of drug-likeness (QED) is 0.418. The average molecular weight is 477 g/mol. The fraction of sp³-hybridized carbons (Fsp3) is 0.321. The highest BCUT2D eigenvalue weighted by molar-refractivity contribution is 5.97. The Kier molecular flexibility index (Phi) is 8.46. The maximum absolute atomic E-state index is 12.5. The fourth-order valence-electron chi connectivity index (χ4n) is 3.99. The lowest BCUT2D eigenvalue weighted by Gasteiger charge is -2.30. The van der Waals surface area contributed by atoms with Crippen LogP contribution in [0.25, 0.3) is 0 Å². The minimum Gasteiger partial charge on any atom is -0.490 e. The Morgan fingerprint density at radius 3 is 2.49 bits per heavy atom. The molecule has 1 fully saturated rings. The van der Waals surface area contributed by atoms with Gasteiger partial charge in [0.15, 0.2) is 11.5 Å². The smallest absolute Gasteiger partial charge is 0.340 e. The first-order valence-corrected chi connectivity index (χ1v) is 11.9. The van der Waals surface area contributed by atoms with Crippen molar-refractivity contribution < 1.29 is 23.7 Å². The van der Waals surface area contributed by atoms with Crippen molar-refractivity contribution in [2.45, 2.75) is 20.1 Å². The molecular weight excluding hydrogens is 444 g/mol. The summed E-state index contributed by atoms with van der Waals surface area (Å²) < 4.78 is 22.3. The molecule has 0 radical (unpaired) electrons. The first kappa shape index (κ1) is 24.4. The predicted molar refractivity (Wildman–Crippen MR) is 137 cm³/mol. The molecule has 7 heteroatoms. The first-order chi connectivity index (χ1) is 17.2. The van der Waals surface area contributed by atoms with E-state index in [-0.39, 0.29) is 5.97 Å². The SMILES string of the molecule is CCOc1cc(CNc2ccc(N3CCOCC3)c(C(=O)OC)c2)ccc1OCc1ccccc1. The summed E-state index contributed by atoms with van der Waals surface area (Å²) in [6, 6.07) is 21.8. The predicted octanol–water partition coefficient (Wildman–Crippen LogP) is 4.90. The van der Waals surface area contributed by atoms with E-state index in [9.17, 15) is 4.79 Å². The number of rotatable bonds is 10. The molecule has 0 unspecified atom stereocenters. The molecule has 1 heterocycles. The summed E-state index contributed by atoms with van der Waals surface area (Å²) in [6.07, 6.45) is 0. The van der Waals surface area contributed by atoms with Crippen LogP contribution in [-0.2, 0) is 22.6 Å². The summed E-state index contributed by atoms with van der Waals surface area (Å²) in [5.41, 5.74) is 4.38. The lowest BCUT2D eigenvalue weighted by Crippen LogP contribution is -2.37. The van der Waals surface area contributed by atoms with Gasteiger partial charge in [0.1, 0.15) is 6.61 Å². The zero-order valence-corrected chi connectivity index (χ0v) is 20.3. The molecule has 0 atom stereocenters. The van der Waals surface area contributed by atoms with E-state index in [0.717, 1.165) is 35.6 Å². The van der Waals surface area contributed by atoms with Crippen molar-refractivity contribution in [2.75, 3.05) is 50.2 Å². The first-order valence-electron chi connectivity index (χ1n) is 11.9. The van der Waals surface area contributed by atoms with Crippen molar-refractivity contribution in [2.24, 2.45) is 0 Å². The maximum Gasteiger partial charge on any atom is 0.340 e. The molecule has 1 saturated heterocycles. The van der Waals surface area contributed by atoms with E-state index in [4.69, 9.17) is 18.9 Å². The van der Waals surface area contributed by atoms with Gasteiger partial charge in [-0.2, -0.15) is 0 Å². The van der Waals surface area contributed by atoms with E-state index in [1.807, 2.05) is 73.7 Å². The fourth-order valence-corrected chi connectivity index (χ4v) is 3.99. The second kappa shape index (κ2) is 12.1. The van der Waals surface area contributed by atoms with Gasteiger partial charge < -0.3 is 29.2 Å². The Morgan fingerprint density at radius 1 is 0.943 bits per heavy atom. The largest absolute Gasteiger partial charge is 0.490 e. The van der Waals surface area contributed by atoms with Gasteiger partial charge in [0.05, 0.1) is 38.2 Å². The summed E-state index contributed by atoms with van der Waals surface area (Å²) in [4.78, 5) is 14.6. The number of benzene rings is 3. The van der Waals surface area contributed by atoms with Gasteiger partial charge >= 0.3 is 5.97 Å². The van der Waals surface area contributed by atoms with Gasteiger partial charge in [-0.25, -0.2) is 4.79 Å². The lowest BCUT2D eigenvalue weighted by molar-refractivity contribution is 0.0600. The molecule has 1 aliphatic rings. The van der Waals surface area contributed by atoms with E-state index in [0.29, 0.717) is 50.0 Å². The molecule has 1 aliphatic heterocycles. The molecule has 1 N–H and O–H groups in total. The molecule has 0 amide bonds. The van der Waals surface area contributed by atoms with Crippen LogP contribution in [0.2, 0.25) is 0 Å². The highest BCUT2D eigenvalue weighted by Gasteiger charge is 2.20. The van der Waals surface area contributed by atoms with Gasteiger partial charge in [-0.3, -0.25) is 0 Å². The van der Waals surface area contributed by atoms with E-state index in [1.54, 1.807) is 0 Å². The Balaban J connectivity index is 1.46. The molecule has 7 nitrogen and oxygen atoms in total. The molecule has 184 valence electrons. The van der Waals surface area contributed by atoms with Crippen molar-refractivity contribution in [3.05, 3.63) is 83.4 Å². The van der Waals surface area contributed by atoms with Crippen LogP contribution in [0.15, 0.2) is 66.7 Å². The van der Waals surface area contributed by atoms with E-state index < -0.39 is 0 Å². The zero-order chi connectivity index (χ0) is 24.5. The molecular formula is C28H32N2O5. The number of carbonyl (C=O) groups is 1. The number of ether oxygens (including phenoxy) is 4. The van der Waals surface area contributed by atoms with Gasteiger partial charge in [0.25, 0.3) is 0 Å². The normalized spacial score (nSPS) is 13.3.